The number of rotatable bonds is 7. The summed E-state index contributed by atoms with van der Waals surface area (Å²) in [5.41, 5.74) is 0. The molecule has 19 heavy (non-hydrogen) atoms. The van der Waals surface area contributed by atoms with Crippen molar-refractivity contribution in [3.05, 3.63) is 22.4 Å². The second kappa shape index (κ2) is 8.72. The molecular weight excluding hydrogens is 252 g/mol. The molecule has 108 valence electrons. The molecule has 0 bridgehead atoms. The second-order valence-electron chi connectivity index (χ2n) is 5.63. The fraction of sp³-hybridized carbons (Fsp3) is 0.750. The van der Waals surface area contributed by atoms with E-state index in [9.17, 15) is 0 Å². The third-order valence-electron chi connectivity index (χ3n) is 4.25. The van der Waals surface area contributed by atoms with Crippen molar-refractivity contribution in [2.75, 3.05) is 32.7 Å². The van der Waals surface area contributed by atoms with Gasteiger partial charge in [0.2, 0.25) is 0 Å². The average molecular weight is 280 g/mol. The lowest BCUT2D eigenvalue weighted by Gasteiger charge is -2.20. The van der Waals surface area contributed by atoms with Gasteiger partial charge >= 0.3 is 0 Å². The Morgan fingerprint density at radius 2 is 2.26 bits per heavy atom. The summed E-state index contributed by atoms with van der Waals surface area (Å²) in [5, 5.41) is 5.74. The van der Waals surface area contributed by atoms with E-state index in [0.29, 0.717) is 0 Å². The molecule has 0 spiro atoms. The molecule has 1 aromatic rings. The van der Waals surface area contributed by atoms with Crippen molar-refractivity contribution >= 4 is 11.3 Å². The minimum atomic E-state index is 0.983. The van der Waals surface area contributed by atoms with Gasteiger partial charge in [0.05, 0.1) is 0 Å². The van der Waals surface area contributed by atoms with Gasteiger partial charge in [-0.1, -0.05) is 19.4 Å². The molecule has 0 saturated carbocycles. The Kier molecular flexibility index (Phi) is 6.90. The highest BCUT2D eigenvalue weighted by Gasteiger charge is 2.14. The Morgan fingerprint density at radius 1 is 1.32 bits per heavy atom. The van der Waals surface area contributed by atoms with Gasteiger partial charge in [-0.3, -0.25) is 0 Å². The van der Waals surface area contributed by atoms with Crippen LogP contribution in [-0.2, 0) is 6.42 Å². The van der Waals surface area contributed by atoms with Gasteiger partial charge in [-0.05, 0) is 56.1 Å². The van der Waals surface area contributed by atoms with E-state index >= 15 is 0 Å². The molecule has 2 rings (SSSR count). The minimum Gasteiger partial charge on any atom is -0.315 e. The van der Waals surface area contributed by atoms with Crippen LogP contribution < -0.4 is 5.32 Å². The average Bonchev–Trinajstić information content (AvgIpc) is 2.84. The Bertz CT molecular complexity index is 323. The topological polar surface area (TPSA) is 15.3 Å². The number of hydrogen-bond donors (Lipinski definition) is 1. The molecule has 1 unspecified atom stereocenters. The lowest BCUT2D eigenvalue weighted by atomic mass is 9.98. The van der Waals surface area contributed by atoms with Gasteiger partial charge < -0.3 is 10.2 Å². The quantitative estimate of drug-likeness (QED) is 0.770. The predicted molar refractivity (Wildman–Crippen MR) is 85.0 cm³/mol. The van der Waals surface area contributed by atoms with Crippen molar-refractivity contribution in [1.82, 2.24) is 10.2 Å². The van der Waals surface area contributed by atoms with Crippen LogP contribution in [0.25, 0.3) is 0 Å². The summed E-state index contributed by atoms with van der Waals surface area (Å²) >= 11 is 1.86. The maximum Gasteiger partial charge on any atom is 0.0107 e. The van der Waals surface area contributed by atoms with E-state index in [4.69, 9.17) is 0 Å². The molecule has 1 atom stereocenters. The zero-order valence-corrected chi connectivity index (χ0v) is 13.1. The Hall–Kier alpha value is -0.380. The third kappa shape index (κ3) is 5.64. The Morgan fingerprint density at radius 3 is 3.05 bits per heavy atom. The summed E-state index contributed by atoms with van der Waals surface area (Å²) in [7, 11) is 0. The molecular formula is C16H28N2S. The van der Waals surface area contributed by atoms with E-state index in [1.165, 1.54) is 56.6 Å². The zero-order valence-electron chi connectivity index (χ0n) is 12.2. The molecule has 1 aliphatic rings. The van der Waals surface area contributed by atoms with E-state index < -0.39 is 0 Å². The lowest BCUT2D eigenvalue weighted by molar-refractivity contribution is 0.279. The highest BCUT2D eigenvalue weighted by molar-refractivity contribution is 7.09. The van der Waals surface area contributed by atoms with Crippen LogP contribution in [0.5, 0.6) is 0 Å². The van der Waals surface area contributed by atoms with Crippen LogP contribution in [0, 0.1) is 5.92 Å². The normalized spacial score (nSPS) is 21.4. The van der Waals surface area contributed by atoms with Crippen LogP contribution in [0.15, 0.2) is 17.5 Å². The van der Waals surface area contributed by atoms with E-state index in [-0.39, 0.29) is 0 Å². The first-order valence-electron chi connectivity index (χ1n) is 7.84. The maximum atomic E-state index is 3.58. The summed E-state index contributed by atoms with van der Waals surface area (Å²) in [6, 6.07) is 4.37. The SMILES string of the molecule is CCC1CCCN(CCNCCc2cccs2)CC1. The van der Waals surface area contributed by atoms with Crippen molar-refractivity contribution in [1.29, 1.82) is 0 Å². The van der Waals surface area contributed by atoms with Gasteiger partial charge in [0.25, 0.3) is 0 Å². The van der Waals surface area contributed by atoms with Crippen molar-refractivity contribution in [2.45, 2.75) is 39.0 Å². The summed E-state index contributed by atoms with van der Waals surface area (Å²) in [5.74, 6) is 0.983. The van der Waals surface area contributed by atoms with Gasteiger partial charge in [-0.15, -0.1) is 11.3 Å². The Labute approximate surface area is 122 Å². The van der Waals surface area contributed by atoms with Crippen molar-refractivity contribution < 1.29 is 0 Å². The summed E-state index contributed by atoms with van der Waals surface area (Å²) in [6.45, 7) is 8.44. The van der Waals surface area contributed by atoms with Crippen LogP contribution in [0.1, 0.15) is 37.5 Å². The molecule has 1 saturated heterocycles. The highest BCUT2D eigenvalue weighted by Crippen LogP contribution is 2.19. The smallest absolute Gasteiger partial charge is 0.0107 e. The number of hydrogen-bond acceptors (Lipinski definition) is 3. The van der Waals surface area contributed by atoms with Crippen LogP contribution in [-0.4, -0.2) is 37.6 Å². The van der Waals surface area contributed by atoms with Crippen LogP contribution >= 0.6 is 11.3 Å². The Balaban J connectivity index is 1.53. The molecule has 1 fully saturated rings. The lowest BCUT2D eigenvalue weighted by Crippen LogP contribution is -2.33. The van der Waals surface area contributed by atoms with Crippen molar-refractivity contribution in [3.63, 3.8) is 0 Å². The van der Waals surface area contributed by atoms with Gasteiger partial charge in [-0.2, -0.15) is 0 Å². The largest absolute Gasteiger partial charge is 0.315 e. The summed E-state index contributed by atoms with van der Waals surface area (Å²) in [6.07, 6.45) is 6.79. The first kappa shape index (κ1) is 15.0. The number of nitrogens with one attached hydrogen (secondary N) is 1. The van der Waals surface area contributed by atoms with E-state index in [2.05, 4.69) is 34.7 Å². The third-order valence-corrected chi connectivity index (χ3v) is 5.19. The minimum absolute atomic E-state index is 0.983. The first-order valence-corrected chi connectivity index (χ1v) is 8.72. The fourth-order valence-corrected chi connectivity index (χ4v) is 3.59. The molecule has 2 heterocycles. The van der Waals surface area contributed by atoms with E-state index in [0.717, 1.165) is 19.0 Å². The number of likely N-dealkylation sites (tertiary alicyclic amines) is 1. The van der Waals surface area contributed by atoms with E-state index in [1.54, 1.807) is 0 Å². The van der Waals surface area contributed by atoms with E-state index in [1.807, 2.05) is 11.3 Å². The summed E-state index contributed by atoms with van der Waals surface area (Å²) < 4.78 is 0. The molecule has 0 radical (unpaired) electrons. The highest BCUT2D eigenvalue weighted by atomic mass is 32.1. The fourth-order valence-electron chi connectivity index (χ4n) is 2.89. The molecule has 1 N–H and O–H groups in total. The molecule has 1 aromatic heterocycles. The molecule has 0 aliphatic carbocycles. The maximum absolute atomic E-state index is 3.58. The monoisotopic (exact) mass is 280 g/mol. The molecule has 0 amide bonds. The van der Waals surface area contributed by atoms with Crippen LogP contribution in [0.3, 0.4) is 0 Å². The van der Waals surface area contributed by atoms with Crippen LogP contribution in [0.4, 0.5) is 0 Å². The van der Waals surface area contributed by atoms with Gasteiger partial charge in [0.15, 0.2) is 0 Å². The molecule has 1 aliphatic heterocycles. The van der Waals surface area contributed by atoms with Gasteiger partial charge in [-0.25, -0.2) is 0 Å². The number of thiophene rings is 1. The van der Waals surface area contributed by atoms with Gasteiger partial charge in [0, 0.05) is 24.5 Å². The summed E-state index contributed by atoms with van der Waals surface area (Å²) in [4.78, 5) is 4.14. The van der Waals surface area contributed by atoms with Crippen molar-refractivity contribution in [3.8, 4) is 0 Å². The van der Waals surface area contributed by atoms with Gasteiger partial charge in [0.1, 0.15) is 0 Å². The first-order chi connectivity index (χ1) is 9.38. The van der Waals surface area contributed by atoms with Crippen molar-refractivity contribution in [2.24, 2.45) is 5.92 Å². The standard InChI is InChI=1S/C16H28N2S/c1-2-15-5-3-11-18(12-8-15)13-10-17-9-7-16-6-4-14-19-16/h4,6,14-15,17H,2-3,5,7-13H2,1H3. The second-order valence-corrected chi connectivity index (χ2v) is 6.66. The molecule has 2 nitrogen and oxygen atoms in total. The molecule has 0 aromatic carbocycles. The predicted octanol–water partition coefficient (Wildman–Crippen LogP) is 3.39. The number of nitrogens with zero attached hydrogens (tertiary/aromatic N) is 1. The van der Waals surface area contributed by atoms with Crippen LogP contribution in [0.2, 0.25) is 0 Å². The zero-order chi connectivity index (χ0) is 13.3. The molecule has 3 heteroatoms.